The number of nitrogens with zero attached hydrogens (tertiary/aromatic N) is 1. The van der Waals surface area contributed by atoms with Crippen molar-refractivity contribution in [3.05, 3.63) is 76.0 Å². The van der Waals surface area contributed by atoms with E-state index in [1.54, 1.807) is 37.3 Å². The van der Waals surface area contributed by atoms with E-state index in [9.17, 15) is 14.0 Å². The fourth-order valence-corrected chi connectivity index (χ4v) is 2.70. The van der Waals surface area contributed by atoms with E-state index in [-0.39, 0.29) is 16.8 Å². The molecule has 2 aromatic carbocycles. The second kappa shape index (κ2) is 5.11. The minimum Gasteiger partial charge on any atom is -0.366 e. The number of aromatic nitrogens is 1. The highest BCUT2D eigenvalue weighted by atomic mass is 19.1. The average Bonchev–Trinajstić information content (AvgIpc) is 2.49. The maximum absolute atomic E-state index is 14.1. The lowest BCUT2D eigenvalue weighted by molar-refractivity contribution is 0.100. The van der Waals surface area contributed by atoms with Crippen molar-refractivity contribution in [3.8, 4) is 5.69 Å². The van der Waals surface area contributed by atoms with E-state index < -0.39 is 11.7 Å². The number of pyridine rings is 1. The van der Waals surface area contributed by atoms with Crippen LogP contribution in [-0.4, -0.2) is 10.5 Å². The molecule has 4 nitrogen and oxygen atoms in total. The molecule has 0 atom stereocenters. The Hall–Kier alpha value is -2.95. The molecule has 0 saturated carbocycles. The van der Waals surface area contributed by atoms with Crippen molar-refractivity contribution < 1.29 is 9.18 Å². The third-order valence-electron chi connectivity index (χ3n) is 3.67. The van der Waals surface area contributed by atoms with Gasteiger partial charge in [0.05, 0.1) is 11.3 Å². The smallest absolute Gasteiger partial charge is 0.263 e. The van der Waals surface area contributed by atoms with Gasteiger partial charge in [0.1, 0.15) is 5.82 Å². The van der Waals surface area contributed by atoms with E-state index in [0.29, 0.717) is 16.5 Å². The predicted molar refractivity (Wildman–Crippen MR) is 82.8 cm³/mol. The normalized spacial score (nSPS) is 10.8. The third-order valence-corrected chi connectivity index (χ3v) is 3.67. The van der Waals surface area contributed by atoms with Gasteiger partial charge in [-0.05, 0) is 25.1 Å². The standard InChI is InChI=1S/C17H13FN2O2/c1-10-15(16(19)21)11-6-2-3-7-12(11)17(22)20(10)14-9-5-4-8-13(14)18/h2-9H,1H3,(H2,19,21). The lowest BCUT2D eigenvalue weighted by Crippen LogP contribution is -2.26. The molecule has 0 fully saturated rings. The molecule has 0 saturated heterocycles. The number of hydrogen-bond donors (Lipinski definition) is 1. The summed E-state index contributed by atoms with van der Waals surface area (Å²) in [5.41, 5.74) is 5.72. The summed E-state index contributed by atoms with van der Waals surface area (Å²) in [4.78, 5) is 24.5. The first kappa shape index (κ1) is 14.0. The number of para-hydroxylation sites is 1. The van der Waals surface area contributed by atoms with Gasteiger partial charge in [0.25, 0.3) is 11.5 Å². The molecule has 3 aromatic rings. The van der Waals surface area contributed by atoms with Gasteiger partial charge in [-0.25, -0.2) is 4.39 Å². The molecular formula is C17H13FN2O2. The Morgan fingerprint density at radius 2 is 1.64 bits per heavy atom. The van der Waals surface area contributed by atoms with E-state index in [0.717, 1.165) is 0 Å². The van der Waals surface area contributed by atoms with Crippen LogP contribution in [0.25, 0.3) is 16.5 Å². The van der Waals surface area contributed by atoms with Crippen molar-refractivity contribution in [3.63, 3.8) is 0 Å². The molecule has 1 heterocycles. The van der Waals surface area contributed by atoms with Crippen LogP contribution in [0.3, 0.4) is 0 Å². The van der Waals surface area contributed by atoms with Crippen molar-refractivity contribution in [2.24, 2.45) is 5.73 Å². The Labute approximate surface area is 125 Å². The summed E-state index contributed by atoms with van der Waals surface area (Å²) < 4.78 is 15.3. The summed E-state index contributed by atoms with van der Waals surface area (Å²) >= 11 is 0. The second-order valence-electron chi connectivity index (χ2n) is 4.96. The lowest BCUT2D eigenvalue weighted by atomic mass is 10.0. The van der Waals surface area contributed by atoms with E-state index in [1.165, 1.54) is 22.8 Å². The molecule has 5 heteroatoms. The van der Waals surface area contributed by atoms with Crippen molar-refractivity contribution in [1.29, 1.82) is 0 Å². The Balaban J connectivity index is 2.55. The van der Waals surface area contributed by atoms with Crippen LogP contribution < -0.4 is 11.3 Å². The summed E-state index contributed by atoms with van der Waals surface area (Å²) in [6, 6.07) is 12.6. The topological polar surface area (TPSA) is 65.1 Å². The van der Waals surface area contributed by atoms with E-state index >= 15 is 0 Å². The summed E-state index contributed by atoms with van der Waals surface area (Å²) in [6.07, 6.45) is 0. The first-order chi connectivity index (χ1) is 10.5. The van der Waals surface area contributed by atoms with Gasteiger partial charge in [-0.3, -0.25) is 14.2 Å². The molecule has 0 bridgehead atoms. The Kier molecular flexibility index (Phi) is 3.25. The monoisotopic (exact) mass is 296 g/mol. The molecule has 0 spiro atoms. The van der Waals surface area contributed by atoms with Crippen LogP contribution in [0.1, 0.15) is 16.1 Å². The van der Waals surface area contributed by atoms with Crippen molar-refractivity contribution >= 4 is 16.7 Å². The quantitative estimate of drug-likeness (QED) is 0.789. The van der Waals surface area contributed by atoms with E-state index in [2.05, 4.69) is 0 Å². The van der Waals surface area contributed by atoms with E-state index in [1.807, 2.05) is 0 Å². The highest BCUT2D eigenvalue weighted by Gasteiger charge is 2.19. The molecule has 1 amide bonds. The summed E-state index contributed by atoms with van der Waals surface area (Å²) in [7, 11) is 0. The van der Waals surface area contributed by atoms with Crippen molar-refractivity contribution in [2.75, 3.05) is 0 Å². The number of primary amides is 1. The molecule has 0 aliphatic rings. The zero-order chi connectivity index (χ0) is 15.9. The minimum atomic E-state index is -0.654. The number of rotatable bonds is 2. The van der Waals surface area contributed by atoms with Gasteiger partial charge in [-0.15, -0.1) is 0 Å². The van der Waals surface area contributed by atoms with Gasteiger partial charge in [0.15, 0.2) is 0 Å². The van der Waals surface area contributed by atoms with Crippen LogP contribution in [0.5, 0.6) is 0 Å². The van der Waals surface area contributed by atoms with Gasteiger partial charge < -0.3 is 5.73 Å². The highest BCUT2D eigenvalue weighted by Crippen LogP contribution is 2.22. The largest absolute Gasteiger partial charge is 0.366 e. The molecule has 110 valence electrons. The highest BCUT2D eigenvalue weighted by molar-refractivity contribution is 6.07. The molecule has 0 unspecified atom stereocenters. The second-order valence-corrected chi connectivity index (χ2v) is 4.96. The maximum Gasteiger partial charge on any atom is 0.263 e. The zero-order valence-corrected chi connectivity index (χ0v) is 11.8. The number of carbonyl (C=O) groups is 1. The van der Waals surface area contributed by atoms with Crippen molar-refractivity contribution in [1.82, 2.24) is 4.57 Å². The maximum atomic E-state index is 14.1. The minimum absolute atomic E-state index is 0.0956. The molecule has 0 aliphatic heterocycles. The molecule has 0 aliphatic carbocycles. The Morgan fingerprint density at radius 1 is 1.05 bits per heavy atom. The molecule has 22 heavy (non-hydrogen) atoms. The molecule has 0 radical (unpaired) electrons. The molecule has 2 N–H and O–H groups in total. The number of benzene rings is 2. The van der Waals surface area contributed by atoms with Crippen LogP contribution in [0.15, 0.2) is 53.3 Å². The summed E-state index contributed by atoms with van der Waals surface area (Å²) in [5.74, 6) is -1.20. The molecule has 1 aromatic heterocycles. The number of carbonyl (C=O) groups excluding carboxylic acids is 1. The van der Waals surface area contributed by atoms with Gasteiger partial charge in [0.2, 0.25) is 0 Å². The molecule has 3 rings (SSSR count). The molecular weight excluding hydrogens is 283 g/mol. The third kappa shape index (κ3) is 1.98. The van der Waals surface area contributed by atoms with Gasteiger partial charge in [-0.1, -0.05) is 30.3 Å². The number of fused-ring (bicyclic) bond motifs is 1. The predicted octanol–water partition coefficient (Wildman–Crippen LogP) is 2.54. The first-order valence-corrected chi connectivity index (χ1v) is 6.71. The summed E-state index contributed by atoms with van der Waals surface area (Å²) in [6.45, 7) is 1.58. The fourth-order valence-electron chi connectivity index (χ4n) is 2.70. The van der Waals surface area contributed by atoms with E-state index in [4.69, 9.17) is 5.73 Å². The number of hydrogen-bond acceptors (Lipinski definition) is 2. The van der Waals surface area contributed by atoms with Crippen molar-refractivity contribution in [2.45, 2.75) is 6.92 Å². The van der Waals surface area contributed by atoms with Gasteiger partial charge in [0, 0.05) is 16.5 Å². The number of amides is 1. The van der Waals surface area contributed by atoms with Gasteiger partial charge in [-0.2, -0.15) is 0 Å². The number of halogens is 1. The van der Waals surface area contributed by atoms with Crippen LogP contribution in [0.2, 0.25) is 0 Å². The lowest BCUT2D eigenvalue weighted by Gasteiger charge is -2.16. The zero-order valence-electron chi connectivity index (χ0n) is 11.8. The van der Waals surface area contributed by atoms with Crippen LogP contribution in [0.4, 0.5) is 4.39 Å². The van der Waals surface area contributed by atoms with Crippen LogP contribution >= 0.6 is 0 Å². The van der Waals surface area contributed by atoms with Crippen LogP contribution in [-0.2, 0) is 0 Å². The van der Waals surface area contributed by atoms with Crippen LogP contribution in [0, 0.1) is 12.7 Å². The Bertz CT molecular complexity index is 961. The number of nitrogens with two attached hydrogens (primary N) is 1. The Morgan fingerprint density at radius 3 is 2.27 bits per heavy atom. The first-order valence-electron chi connectivity index (χ1n) is 6.71. The fraction of sp³-hybridized carbons (Fsp3) is 0.0588. The summed E-state index contributed by atoms with van der Waals surface area (Å²) in [5, 5.41) is 0.801. The van der Waals surface area contributed by atoms with Gasteiger partial charge >= 0.3 is 0 Å². The SMILES string of the molecule is Cc1c(C(N)=O)c2ccccc2c(=O)n1-c1ccccc1F. The average molecular weight is 296 g/mol.